The van der Waals surface area contributed by atoms with E-state index in [1.54, 1.807) is 0 Å². The normalized spacial score (nSPS) is 11.3. The van der Waals surface area contributed by atoms with Gasteiger partial charge in [0.05, 0.1) is 0 Å². The molecule has 0 aliphatic heterocycles. The Bertz CT molecular complexity index is 3260. The minimum Gasteiger partial charge on any atom is -0.0622 e. The second-order valence-corrected chi connectivity index (χ2v) is 15.6. The maximum atomic E-state index is 2.45. The molecule has 60 heavy (non-hydrogen) atoms. The van der Waals surface area contributed by atoms with Crippen molar-refractivity contribution in [1.82, 2.24) is 0 Å². The Hall–Kier alpha value is -7.80. The lowest BCUT2D eigenvalue weighted by Gasteiger charge is -2.21. The highest BCUT2D eigenvalue weighted by Gasteiger charge is 2.20. The summed E-state index contributed by atoms with van der Waals surface area (Å²) >= 11 is 0. The van der Waals surface area contributed by atoms with Crippen LogP contribution in [0.5, 0.6) is 0 Å². The number of fused-ring (bicyclic) bond motifs is 4. The molecule has 0 spiro atoms. The summed E-state index contributed by atoms with van der Waals surface area (Å²) in [6.45, 7) is 0. The maximum Gasteiger partial charge on any atom is -0.00201 e. The topological polar surface area (TPSA) is 0 Å². The molecule has 11 rings (SSSR count). The van der Waals surface area contributed by atoms with Crippen LogP contribution >= 0.6 is 0 Å². The van der Waals surface area contributed by atoms with E-state index in [1.807, 2.05) is 0 Å². The summed E-state index contributed by atoms with van der Waals surface area (Å²) in [7, 11) is 0. The Balaban J connectivity index is 1.21. The predicted octanol–water partition coefficient (Wildman–Crippen LogP) is 16.8. The van der Waals surface area contributed by atoms with Crippen LogP contribution in [0.4, 0.5) is 0 Å². The summed E-state index contributed by atoms with van der Waals surface area (Å²) in [6.07, 6.45) is 0. The van der Waals surface area contributed by atoms with Crippen molar-refractivity contribution in [3.05, 3.63) is 243 Å². The number of benzene rings is 11. The quantitative estimate of drug-likeness (QED) is 0.142. The minimum absolute atomic E-state index is 1.19. The molecule has 0 bridgehead atoms. The van der Waals surface area contributed by atoms with Crippen LogP contribution in [0, 0.1) is 0 Å². The van der Waals surface area contributed by atoms with Crippen LogP contribution in [0.2, 0.25) is 0 Å². The first kappa shape index (κ1) is 35.4. The molecule has 280 valence electrons. The second-order valence-electron chi connectivity index (χ2n) is 15.6. The van der Waals surface area contributed by atoms with E-state index in [-0.39, 0.29) is 0 Å². The first-order valence-electron chi connectivity index (χ1n) is 20.7. The Kier molecular flexibility index (Phi) is 8.95. The Morgan fingerprint density at radius 3 is 0.950 bits per heavy atom. The van der Waals surface area contributed by atoms with Crippen LogP contribution in [0.3, 0.4) is 0 Å². The van der Waals surface area contributed by atoms with Crippen molar-refractivity contribution in [2.45, 2.75) is 0 Å². The SMILES string of the molecule is c1ccc(-c2cc(-c3ccccc3)cc(-c3ccc4c(c3)c(-c3ccccc3)c(-c3ccccc3)c3cc(-c5cc6ccccc6cc5-c5ccccc5)ccc34)c2)cc1. The van der Waals surface area contributed by atoms with E-state index in [2.05, 4.69) is 243 Å². The van der Waals surface area contributed by atoms with E-state index < -0.39 is 0 Å². The summed E-state index contributed by atoms with van der Waals surface area (Å²) in [5.41, 5.74) is 17.0. The molecule has 0 heteroatoms. The van der Waals surface area contributed by atoms with Crippen LogP contribution < -0.4 is 0 Å². The Morgan fingerprint density at radius 1 is 0.167 bits per heavy atom. The summed E-state index contributed by atoms with van der Waals surface area (Å²) in [5.74, 6) is 0. The van der Waals surface area contributed by atoms with Crippen molar-refractivity contribution >= 4 is 32.3 Å². The molecule has 0 nitrogen and oxygen atoms in total. The first-order chi connectivity index (χ1) is 29.7. The maximum absolute atomic E-state index is 2.45. The van der Waals surface area contributed by atoms with Gasteiger partial charge in [-0.1, -0.05) is 200 Å². The van der Waals surface area contributed by atoms with Crippen LogP contribution in [0.25, 0.3) is 110 Å². The van der Waals surface area contributed by atoms with Crippen LogP contribution in [0.1, 0.15) is 0 Å². The van der Waals surface area contributed by atoms with Gasteiger partial charge in [-0.05, 0) is 153 Å². The average molecular weight is 761 g/mol. The molecule has 0 unspecified atom stereocenters. The fraction of sp³-hybridized carbons (Fsp3) is 0. The van der Waals surface area contributed by atoms with Gasteiger partial charge in [-0.25, -0.2) is 0 Å². The number of hydrogen-bond acceptors (Lipinski definition) is 0. The minimum atomic E-state index is 1.19. The summed E-state index contributed by atoms with van der Waals surface area (Å²) in [5, 5.41) is 7.43. The van der Waals surface area contributed by atoms with E-state index in [9.17, 15) is 0 Å². The Labute approximate surface area is 351 Å². The molecule has 0 N–H and O–H groups in total. The molecule has 0 aliphatic carbocycles. The van der Waals surface area contributed by atoms with Crippen LogP contribution in [-0.4, -0.2) is 0 Å². The lowest BCUT2D eigenvalue weighted by Crippen LogP contribution is -1.94. The van der Waals surface area contributed by atoms with Gasteiger partial charge >= 0.3 is 0 Å². The lowest BCUT2D eigenvalue weighted by molar-refractivity contribution is 1.57. The third-order valence-corrected chi connectivity index (χ3v) is 12.0. The highest BCUT2D eigenvalue weighted by atomic mass is 14.2. The van der Waals surface area contributed by atoms with E-state index >= 15 is 0 Å². The average Bonchev–Trinajstić information content (AvgIpc) is 3.34. The molecular weight excluding hydrogens is 721 g/mol. The van der Waals surface area contributed by atoms with E-state index in [1.165, 1.54) is 110 Å². The molecule has 0 radical (unpaired) electrons. The van der Waals surface area contributed by atoms with Crippen molar-refractivity contribution in [3.63, 3.8) is 0 Å². The van der Waals surface area contributed by atoms with Gasteiger partial charge in [0.1, 0.15) is 0 Å². The van der Waals surface area contributed by atoms with Gasteiger partial charge in [-0.2, -0.15) is 0 Å². The molecule has 0 atom stereocenters. The first-order valence-corrected chi connectivity index (χ1v) is 20.7. The molecule has 11 aromatic rings. The number of hydrogen-bond donors (Lipinski definition) is 0. The van der Waals surface area contributed by atoms with Gasteiger partial charge in [0.2, 0.25) is 0 Å². The van der Waals surface area contributed by atoms with Gasteiger partial charge in [-0.3, -0.25) is 0 Å². The molecule has 0 aliphatic rings. The van der Waals surface area contributed by atoms with Gasteiger partial charge in [0, 0.05) is 0 Å². The van der Waals surface area contributed by atoms with Crippen molar-refractivity contribution in [3.8, 4) is 77.9 Å². The predicted molar refractivity (Wildman–Crippen MR) is 257 cm³/mol. The molecule has 0 aromatic heterocycles. The smallest absolute Gasteiger partial charge is 0.00201 e. The highest BCUT2D eigenvalue weighted by Crippen LogP contribution is 2.48. The van der Waals surface area contributed by atoms with Crippen molar-refractivity contribution in [1.29, 1.82) is 0 Å². The molecule has 0 amide bonds. The zero-order valence-electron chi connectivity index (χ0n) is 33.1. The van der Waals surface area contributed by atoms with Crippen molar-refractivity contribution in [2.24, 2.45) is 0 Å². The van der Waals surface area contributed by atoms with Crippen LogP contribution in [0.15, 0.2) is 243 Å². The molecule has 0 saturated heterocycles. The molecule has 0 saturated carbocycles. The third-order valence-electron chi connectivity index (χ3n) is 12.0. The molecular formula is C60H40. The van der Waals surface area contributed by atoms with Crippen LogP contribution in [-0.2, 0) is 0 Å². The Morgan fingerprint density at radius 2 is 0.500 bits per heavy atom. The largest absolute Gasteiger partial charge is 0.0622 e. The van der Waals surface area contributed by atoms with Gasteiger partial charge in [0.25, 0.3) is 0 Å². The molecule has 0 fully saturated rings. The highest BCUT2D eigenvalue weighted by molar-refractivity contribution is 6.23. The number of rotatable bonds is 7. The monoisotopic (exact) mass is 760 g/mol. The molecule has 0 heterocycles. The summed E-state index contributed by atoms with van der Waals surface area (Å²) in [4.78, 5) is 0. The van der Waals surface area contributed by atoms with E-state index in [0.29, 0.717) is 0 Å². The lowest BCUT2D eigenvalue weighted by atomic mass is 9.82. The summed E-state index contributed by atoms with van der Waals surface area (Å²) < 4.78 is 0. The van der Waals surface area contributed by atoms with Gasteiger partial charge in [-0.15, -0.1) is 0 Å². The van der Waals surface area contributed by atoms with Crippen molar-refractivity contribution in [2.75, 3.05) is 0 Å². The van der Waals surface area contributed by atoms with Crippen molar-refractivity contribution < 1.29 is 0 Å². The van der Waals surface area contributed by atoms with Gasteiger partial charge in [0.15, 0.2) is 0 Å². The zero-order chi connectivity index (χ0) is 39.8. The fourth-order valence-electron chi connectivity index (χ4n) is 9.12. The second kappa shape index (κ2) is 15.2. The standard InChI is InChI=1S/C60H40/c1-6-18-41(19-7-1)50-34-51(42-20-8-2-9-21-42)36-52(35-50)48-30-32-53-54-33-31-49(56-38-47-29-17-16-28-46(47)37-55(56)43-22-10-3-11-23-43)40-58(54)60(45-26-14-5-15-27-45)59(57(53)39-48)44-24-12-4-13-25-44/h1-40H. The molecule has 11 aromatic carbocycles. The fourth-order valence-corrected chi connectivity index (χ4v) is 9.12. The summed E-state index contributed by atoms with van der Waals surface area (Å²) in [6, 6.07) is 89.0. The zero-order valence-corrected chi connectivity index (χ0v) is 33.1. The van der Waals surface area contributed by atoms with Gasteiger partial charge < -0.3 is 0 Å². The third kappa shape index (κ3) is 6.46. The van der Waals surface area contributed by atoms with E-state index in [4.69, 9.17) is 0 Å². The van der Waals surface area contributed by atoms with E-state index in [0.717, 1.165) is 0 Å².